The van der Waals surface area contributed by atoms with E-state index in [2.05, 4.69) is 30.6 Å². The lowest BCUT2D eigenvalue weighted by Crippen LogP contribution is -2.31. The summed E-state index contributed by atoms with van der Waals surface area (Å²) in [6, 6.07) is 2.72. The molecule has 0 radical (unpaired) electrons. The molecule has 0 aromatic heterocycles. The molecule has 1 nitrogen and oxygen atoms in total. The molecule has 1 saturated heterocycles. The molecule has 1 rings (SSSR count). The topological polar surface area (TPSA) is 3.24 Å². The molecule has 0 N–H and O–H groups in total. The molecule has 0 aromatic rings. The Kier molecular flexibility index (Phi) is 4.20. The minimum atomic E-state index is -0.931. The van der Waals surface area contributed by atoms with Crippen LogP contribution in [0.2, 0.25) is 25.2 Å². The Morgan fingerprint density at radius 1 is 1.31 bits per heavy atom. The number of allylic oxidation sites excluding steroid dienone is 1. The highest BCUT2D eigenvalue weighted by molar-refractivity contribution is 6.77. The minimum absolute atomic E-state index is 0.931. The largest absolute Gasteiger partial charge is 0.304 e. The third-order valence-corrected chi connectivity index (χ3v) is 5.97. The second-order valence-corrected chi connectivity index (χ2v) is 10.2. The zero-order chi connectivity index (χ0) is 9.73. The van der Waals surface area contributed by atoms with E-state index in [0.29, 0.717) is 0 Å². The van der Waals surface area contributed by atoms with Crippen LogP contribution in [0.5, 0.6) is 0 Å². The van der Waals surface area contributed by atoms with E-state index in [9.17, 15) is 0 Å². The van der Waals surface area contributed by atoms with E-state index >= 15 is 0 Å². The van der Waals surface area contributed by atoms with Crippen LogP contribution in [0.4, 0.5) is 0 Å². The molecule has 1 heterocycles. The molecular weight excluding hydrogens is 174 g/mol. The lowest BCUT2D eigenvalue weighted by atomic mass is 10.4. The van der Waals surface area contributed by atoms with Gasteiger partial charge in [0.15, 0.2) is 0 Å². The zero-order valence-electron chi connectivity index (χ0n) is 9.18. The van der Waals surface area contributed by atoms with Crippen molar-refractivity contribution in [3.8, 4) is 0 Å². The van der Waals surface area contributed by atoms with Gasteiger partial charge in [-0.1, -0.05) is 19.2 Å². The first-order valence-electron chi connectivity index (χ1n) is 5.47. The quantitative estimate of drug-likeness (QED) is 0.484. The van der Waals surface area contributed by atoms with Crippen LogP contribution in [-0.4, -0.2) is 32.6 Å². The molecule has 13 heavy (non-hydrogen) atoms. The Morgan fingerprint density at radius 2 is 1.92 bits per heavy atom. The van der Waals surface area contributed by atoms with Gasteiger partial charge in [0.25, 0.3) is 0 Å². The van der Waals surface area contributed by atoms with E-state index in [-0.39, 0.29) is 0 Å². The maximum atomic E-state index is 3.85. The van der Waals surface area contributed by atoms with Crippen molar-refractivity contribution in [2.45, 2.75) is 38.0 Å². The summed E-state index contributed by atoms with van der Waals surface area (Å²) in [7, 11) is -0.931. The van der Waals surface area contributed by atoms with Crippen molar-refractivity contribution >= 4 is 8.07 Å². The van der Waals surface area contributed by atoms with Crippen LogP contribution in [-0.2, 0) is 0 Å². The maximum Gasteiger partial charge on any atom is 0.0523 e. The normalized spacial score (nSPS) is 19.2. The summed E-state index contributed by atoms with van der Waals surface area (Å²) in [6.45, 7) is 12.8. The van der Waals surface area contributed by atoms with Gasteiger partial charge in [-0.15, -0.1) is 6.58 Å². The zero-order valence-corrected chi connectivity index (χ0v) is 10.2. The van der Waals surface area contributed by atoms with E-state index in [1.54, 1.807) is 0 Å². The number of hydrogen-bond acceptors (Lipinski definition) is 1. The van der Waals surface area contributed by atoms with Gasteiger partial charge in [0.05, 0.1) is 8.07 Å². The minimum Gasteiger partial charge on any atom is -0.304 e. The van der Waals surface area contributed by atoms with Crippen molar-refractivity contribution in [3.05, 3.63) is 12.7 Å². The van der Waals surface area contributed by atoms with E-state index in [1.807, 2.05) is 0 Å². The number of likely N-dealkylation sites (tertiary alicyclic amines) is 1. The van der Waals surface area contributed by atoms with E-state index in [4.69, 9.17) is 0 Å². The lowest BCUT2D eigenvalue weighted by molar-refractivity contribution is 0.357. The summed E-state index contributed by atoms with van der Waals surface area (Å²) < 4.78 is 0. The summed E-state index contributed by atoms with van der Waals surface area (Å²) in [5, 5.41) is 0. The van der Waals surface area contributed by atoms with Gasteiger partial charge >= 0.3 is 0 Å². The van der Waals surface area contributed by atoms with Gasteiger partial charge in [-0.25, -0.2) is 0 Å². The lowest BCUT2D eigenvalue weighted by Gasteiger charge is -2.24. The van der Waals surface area contributed by atoms with E-state index in [0.717, 1.165) is 0 Å². The van der Waals surface area contributed by atoms with Gasteiger partial charge in [-0.05, 0) is 44.6 Å². The molecule has 0 aromatic carbocycles. The van der Waals surface area contributed by atoms with Crippen LogP contribution in [0.25, 0.3) is 0 Å². The van der Waals surface area contributed by atoms with E-state index in [1.165, 1.54) is 44.6 Å². The average Bonchev–Trinajstić information content (AvgIpc) is 2.52. The highest BCUT2D eigenvalue weighted by atomic mass is 28.3. The molecule has 0 spiro atoms. The van der Waals surface area contributed by atoms with Crippen molar-refractivity contribution < 1.29 is 0 Å². The van der Waals surface area contributed by atoms with Crippen molar-refractivity contribution in [1.29, 1.82) is 0 Å². The van der Waals surface area contributed by atoms with Gasteiger partial charge in [-0.3, -0.25) is 0 Å². The number of rotatable bonds is 5. The first kappa shape index (κ1) is 11.0. The predicted octanol–water partition coefficient (Wildman–Crippen LogP) is 2.98. The summed E-state index contributed by atoms with van der Waals surface area (Å²) in [4.78, 5) is 2.62. The fourth-order valence-corrected chi connectivity index (χ4v) is 3.87. The average molecular weight is 197 g/mol. The third kappa shape index (κ3) is 4.10. The Labute approximate surface area is 83.8 Å². The molecule has 1 aliphatic rings. The van der Waals surface area contributed by atoms with Crippen molar-refractivity contribution in [1.82, 2.24) is 4.90 Å². The van der Waals surface area contributed by atoms with Crippen LogP contribution in [0.3, 0.4) is 0 Å². The summed E-state index contributed by atoms with van der Waals surface area (Å²) >= 11 is 0. The molecular formula is C11H23NSi. The fourth-order valence-electron chi connectivity index (χ4n) is 1.96. The SMILES string of the molecule is C=CC[Si](C)(C)CCN1CCCC1. The first-order valence-corrected chi connectivity index (χ1v) is 8.89. The molecule has 0 atom stereocenters. The number of nitrogens with zero attached hydrogens (tertiary/aromatic N) is 1. The molecule has 2 heteroatoms. The monoisotopic (exact) mass is 197 g/mol. The fraction of sp³-hybridized carbons (Fsp3) is 0.818. The second kappa shape index (κ2) is 4.96. The van der Waals surface area contributed by atoms with Crippen LogP contribution in [0.1, 0.15) is 12.8 Å². The third-order valence-electron chi connectivity index (χ3n) is 3.00. The van der Waals surface area contributed by atoms with Crippen molar-refractivity contribution in [2.75, 3.05) is 19.6 Å². The van der Waals surface area contributed by atoms with Gasteiger partial charge in [0.1, 0.15) is 0 Å². The Morgan fingerprint density at radius 3 is 2.46 bits per heavy atom. The van der Waals surface area contributed by atoms with Gasteiger partial charge in [0.2, 0.25) is 0 Å². The van der Waals surface area contributed by atoms with Gasteiger partial charge in [0, 0.05) is 0 Å². The Balaban J connectivity index is 2.19. The molecule has 0 amide bonds. The molecule has 0 unspecified atom stereocenters. The summed E-state index contributed by atoms with van der Waals surface area (Å²) in [6.07, 6.45) is 4.95. The Bertz CT molecular complexity index is 159. The Hall–Kier alpha value is -0.0831. The van der Waals surface area contributed by atoms with Crippen LogP contribution >= 0.6 is 0 Å². The van der Waals surface area contributed by atoms with Crippen LogP contribution in [0.15, 0.2) is 12.7 Å². The van der Waals surface area contributed by atoms with Crippen LogP contribution in [0, 0.1) is 0 Å². The predicted molar refractivity (Wildman–Crippen MR) is 63.0 cm³/mol. The second-order valence-electron chi connectivity index (χ2n) is 4.96. The van der Waals surface area contributed by atoms with E-state index < -0.39 is 8.07 Å². The standard InChI is InChI=1S/C11H23NSi/c1-4-10-13(2,3)11-9-12-7-5-6-8-12/h4H,1,5-11H2,2-3H3. The first-order chi connectivity index (χ1) is 6.14. The smallest absolute Gasteiger partial charge is 0.0523 e. The van der Waals surface area contributed by atoms with Gasteiger partial charge in [-0.2, -0.15) is 0 Å². The molecule has 0 aliphatic carbocycles. The maximum absolute atomic E-state index is 3.85. The molecule has 1 aliphatic heterocycles. The summed E-state index contributed by atoms with van der Waals surface area (Å²) in [5.41, 5.74) is 0. The highest BCUT2D eigenvalue weighted by Gasteiger charge is 2.20. The van der Waals surface area contributed by atoms with Crippen molar-refractivity contribution in [3.63, 3.8) is 0 Å². The van der Waals surface area contributed by atoms with Gasteiger partial charge < -0.3 is 4.90 Å². The molecule has 76 valence electrons. The molecule has 1 fully saturated rings. The number of hydrogen-bond donors (Lipinski definition) is 0. The molecule has 0 saturated carbocycles. The molecule has 0 bridgehead atoms. The van der Waals surface area contributed by atoms with Crippen molar-refractivity contribution in [2.24, 2.45) is 0 Å². The summed E-state index contributed by atoms with van der Waals surface area (Å²) in [5.74, 6) is 0. The van der Waals surface area contributed by atoms with Crippen LogP contribution < -0.4 is 0 Å². The highest BCUT2D eigenvalue weighted by Crippen LogP contribution is 2.18.